The molecule has 0 fully saturated rings. The summed E-state index contributed by atoms with van der Waals surface area (Å²) in [5, 5.41) is 2.87. The molecule has 2 aromatic carbocycles. The molecule has 3 heteroatoms. The van der Waals surface area contributed by atoms with Gasteiger partial charge in [0.05, 0.1) is 0 Å². The van der Waals surface area contributed by atoms with Gasteiger partial charge < -0.3 is 0 Å². The molecule has 0 heterocycles. The molecule has 100 valence electrons. The Bertz CT molecular complexity index is 636. The van der Waals surface area contributed by atoms with E-state index in [1.165, 1.54) is 16.9 Å². The van der Waals surface area contributed by atoms with E-state index < -0.39 is 0 Å². The minimum absolute atomic E-state index is 0.0417. The SMILES string of the molecule is CC([AsH2])C(=O)Nc1ccc(C#Cc2ccccc2)cc1. The van der Waals surface area contributed by atoms with Crippen molar-refractivity contribution in [2.45, 2.75) is 11.6 Å². The van der Waals surface area contributed by atoms with E-state index in [0.29, 0.717) is 0 Å². The first kappa shape index (κ1) is 14.4. The molecule has 1 amide bonds. The molecule has 0 bridgehead atoms. The van der Waals surface area contributed by atoms with Crippen molar-refractivity contribution in [1.82, 2.24) is 0 Å². The van der Waals surface area contributed by atoms with E-state index in [1.807, 2.05) is 61.5 Å². The van der Waals surface area contributed by atoms with E-state index in [0.717, 1.165) is 16.8 Å². The Kier molecular flexibility index (Phi) is 5.04. The third-order valence-corrected chi connectivity index (χ3v) is 3.33. The van der Waals surface area contributed by atoms with Crippen LogP contribution in [0.1, 0.15) is 18.1 Å². The fourth-order valence-electron chi connectivity index (χ4n) is 1.56. The second kappa shape index (κ2) is 6.98. The maximum absolute atomic E-state index is 11.6. The average molecular weight is 325 g/mol. The number of carbonyl (C=O) groups is 1. The number of anilines is 1. The summed E-state index contributed by atoms with van der Waals surface area (Å²) in [5.74, 6) is 6.26. The van der Waals surface area contributed by atoms with Crippen LogP contribution in [0.3, 0.4) is 0 Å². The van der Waals surface area contributed by atoms with Crippen molar-refractivity contribution >= 4 is 28.4 Å². The van der Waals surface area contributed by atoms with Crippen molar-refractivity contribution in [3.05, 3.63) is 65.7 Å². The first-order chi connectivity index (χ1) is 9.65. The van der Waals surface area contributed by atoms with E-state index in [-0.39, 0.29) is 10.6 Å². The van der Waals surface area contributed by atoms with E-state index in [2.05, 4.69) is 17.2 Å². The molecule has 0 radical (unpaired) electrons. The van der Waals surface area contributed by atoms with Gasteiger partial charge in [0.2, 0.25) is 0 Å². The first-order valence-electron chi connectivity index (χ1n) is 6.39. The molecule has 2 nitrogen and oxygen atoms in total. The average Bonchev–Trinajstić information content (AvgIpc) is 2.47. The number of rotatable bonds is 2. The second-order valence-electron chi connectivity index (χ2n) is 4.47. The predicted octanol–water partition coefficient (Wildman–Crippen LogP) is 2.47. The zero-order chi connectivity index (χ0) is 14.4. The van der Waals surface area contributed by atoms with Crippen molar-refractivity contribution in [2.24, 2.45) is 0 Å². The van der Waals surface area contributed by atoms with E-state index >= 15 is 0 Å². The van der Waals surface area contributed by atoms with Crippen LogP contribution < -0.4 is 5.32 Å². The van der Waals surface area contributed by atoms with Gasteiger partial charge in [-0.25, -0.2) is 0 Å². The van der Waals surface area contributed by atoms with Crippen LogP contribution in [0.2, 0.25) is 4.71 Å². The Labute approximate surface area is 128 Å². The second-order valence-corrected chi connectivity index (χ2v) is 6.57. The maximum atomic E-state index is 11.6. The van der Waals surface area contributed by atoms with E-state index in [9.17, 15) is 4.79 Å². The topological polar surface area (TPSA) is 29.1 Å². The molecular formula is C17H16AsNO. The van der Waals surface area contributed by atoms with Gasteiger partial charge in [0.15, 0.2) is 0 Å². The van der Waals surface area contributed by atoms with Gasteiger partial charge in [0.25, 0.3) is 0 Å². The molecule has 0 aliphatic rings. The van der Waals surface area contributed by atoms with Crippen molar-refractivity contribution in [1.29, 1.82) is 0 Å². The number of hydrogen-bond donors (Lipinski definition) is 1. The number of carbonyl (C=O) groups excluding carboxylic acids is 1. The van der Waals surface area contributed by atoms with Crippen LogP contribution in [0.4, 0.5) is 5.69 Å². The first-order valence-corrected chi connectivity index (χ1v) is 7.78. The van der Waals surface area contributed by atoms with Gasteiger partial charge in [-0.05, 0) is 0 Å². The van der Waals surface area contributed by atoms with Crippen LogP contribution in [0, 0.1) is 11.8 Å². The Hall–Kier alpha value is -1.97. The summed E-state index contributed by atoms with van der Waals surface area (Å²) < 4.78 is 0.0417. The van der Waals surface area contributed by atoms with Crippen LogP contribution in [0.25, 0.3) is 0 Å². The fourth-order valence-corrected chi connectivity index (χ4v) is 1.73. The van der Waals surface area contributed by atoms with Crippen molar-refractivity contribution in [2.75, 3.05) is 5.32 Å². The van der Waals surface area contributed by atoms with Gasteiger partial charge in [0.1, 0.15) is 0 Å². The van der Waals surface area contributed by atoms with Gasteiger partial charge in [0, 0.05) is 0 Å². The summed E-state index contributed by atoms with van der Waals surface area (Å²) in [6.45, 7) is 1.90. The molecule has 0 aromatic heterocycles. The summed E-state index contributed by atoms with van der Waals surface area (Å²) in [7, 11) is 0. The van der Waals surface area contributed by atoms with E-state index in [1.54, 1.807) is 0 Å². The monoisotopic (exact) mass is 325 g/mol. The third kappa shape index (κ3) is 4.30. The third-order valence-electron chi connectivity index (χ3n) is 2.69. The molecule has 0 saturated carbocycles. The number of amides is 1. The van der Waals surface area contributed by atoms with Gasteiger partial charge in [-0.3, -0.25) is 0 Å². The van der Waals surface area contributed by atoms with Crippen molar-refractivity contribution < 1.29 is 4.79 Å². The number of nitrogens with one attached hydrogen (secondary N) is 1. The minimum atomic E-state index is 0.0417. The molecule has 2 unspecified atom stereocenters. The number of benzene rings is 2. The van der Waals surface area contributed by atoms with Gasteiger partial charge >= 0.3 is 122 Å². The zero-order valence-electron chi connectivity index (χ0n) is 11.3. The van der Waals surface area contributed by atoms with Crippen LogP contribution in [0.15, 0.2) is 54.6 Å². The summed E-state index contributed by atoms with van der Waals surface area (Å²) in [6.07, 6.45) is 0. The molecule has 2 atom stereocenters. The Morgan fingerprint density at radius 3 is 2.10 bits per heavy atom. The van der Waals surface area contributed by atoms with Gasteiger partial charge in [-0.1, -0.05) is 6.07 Å². The Morgan fingerprint density at radius 1 is 1.00 bits per heavy atom. The summed E-state index contributed by atoms with van der Waals surface area (Å²) >= 11 is 1.42. The predicted molar refractivity (Wildman–Crippen MR) is 85.5 cm³/mol. The van der Waals surface area contributed by atoms with Gasteiger partial charge in [-0.15, -0.1) is 0 Å². The normalized spacial score (nSPS) is 11.1. The molecule has 0 spiro atoms. The van der Waals surface area contributed by atoms with Crippen LogP contribution in [-0.4, -0.2) is 22.8 Å². The molecule has 0 aliphatic heterocycles. The fraction of sp³-hybridized carbons (Fsp3) is 0.118. The molecule has 0 aliphatic carbocycles. The summed E-state index contributed by atoms with van der Waals surface area (Å²) in [5.41, 5.74) is 2.73. The van der Waals surface area contributed by atoms with Crippen molar-refractivity contribution in [3.63, 3.8) is 0 Å². The van der Waals surface area contributed by atoms with Crippen LogP contribution in [0.5, 0.6) is 0 Å². The standard InChI is InChI=1S/C17H16AsNO/c1-13(18)17(20)19-16-11-9-15(10-12-16)8-7-14-5-3-2-4-6-14/h2-6,9-13H,18H2,1H3,(H,19,20). The molecule has 0 saturated heterocycles. The van der Waals surface area contributed by atoms with Crippen molar-refractivity contribution in [3.8, 4) is 11.8 Å². The molecule has 1 N–H and O–H groups in total. The molecule has 20 heavy (non-hydrogen) atoms. The number of hydrogen-bond acceptors (Lipinski definition) is 1. The molecule has 2 aromatic rings. The van der Waals surface area contributed by atoms with Crippen LogP contribution >= 0.6 is 0 Å². The van der Waals surface area contributed by atoms with E-state index in [4.69, 9.17) is 0 Å². The Balaban J connectivity index is 2.06. The van der Waals surface area contributed by atoms with Gasteiger partial charge in [-0.2, -0.15) is 0 Å². The quantitative estimate of drug-likeness (QED) is 0.667. The zero-order valence-corrected chi connectivity index (χ0v) is 13.7. The summed E-state index contributed by atoms with van der Waals surface area (Å²) in [6, 6.07) is 17.4. The van der Waals surface area contributed by atoms with Crippen LogP contribution in [-0.2, 0) is 4.79 Å². The molecular weight excluding hydrogens is 309 g/mol. The Morgan fingerprint density at radius 2 is 1.55 bits per heavy atom. The summed E-state index contributed by atoms with van der Waals surface area (Å²) in [4.78, 5) is 11.6. The molecule has 2 rings (SSSR count).